The van der Waals surface area contributed by atoms with Crippen molar-refractivity contribution < 1.29 is 18.3 Å². The molecule has 30 heavy (non-hydrogen) atoms. The van der Waals surface area contributed by atoms with Gasteiger partial charge in [-0.1, -0.05) is 0 Å². The molecule has 4 aromatic rings. The van der Waals surface area contributed by atoms with E-state index in [1.807, 2.05) is 6.92 Å². The number of carbonyl (C=O) groups excluding carboxylic acids is 1. The molecule has 0 saturated heterocycles. The molecule has 0 bridgehead atoms. The first-order valence-corrected chi connectivity index (χ1v) is 9.02. The summed E-state index contributed by atoms with van der Waals surface area (Å²) in [5.41, 5.74) is 2.24. The summed E-state index contributed by atoms with van der Waals surface area (Å²) in [5.74, 6) is 0.169. The second kappa shape index (κ2) is 7.78. The molecule has 0 fully saturated rings. The van der Waals surface area contributed by atoms with Gasteiger partial charge in [-0.05, 0) is 37.3 Å². The maximum atomic E-state index is 13.9. The first-order chi connectivity index (χ1) is 14.4. The van der Waals surface area contributed by atoms with Gasteiger partial charge in [0.15, 0.2) is 0 Å². The van der Waals surface area contributed by atoms with Crippen LogP contribution in [0.3, 0.4) is 0 Å². The molecule has 0 spiro atoms. The van der Waals surface area contributed by atoms with Crippen molar-refractivity contribution in [3.05, 3.63) is 65.9 Å². The van der Waals surface area contributed by atoms with Crippen molar-refractivity contribution >= 4 is 34.4 Å². The maximum absolute atomic E-state index is 13.9. The number of ether oxygens (including phenoxy) is 1. The summed E-state index contributed by atoms with van der Waals surface area (Å²) >= 11 is 0. The molecule has 2 heterocycles. The lowest BCUT2D eigenvalue weighted by Gasteiger charge is -2.10. The number of aromatic amines is 1. The number of amides is 1. The Morgan fingerprint density at radius 3 is 2.73 bits per heavy atom. The van der Waals surface area contributed by atoms with Crippen LogP contribution in [0.4, 0.5) is 26.2 Å². The second-order valence-electron chi connectivity index (χ2n) is 6.58. The molecule has 152 valence electrons. The molecule has 0 unspecified atom stereocenters. The van der Waals surface area contributed by atoms with Gasteiger partial charge in [-0.3, -0.25) is 4.79 Å². The number of anilines is 3. The Bertz CT molecular complexity index is 1260. The first-order valence-electron chi connectivity index (χ1n) is 9.02. The summed E-state index contributed by atoms with van der Waals surface area (Å²) in [6, 6.07) is 10.1. The zero-order chi connectivity index (χ0) is 21.3. The monoisotopic (exact) mass is 409 g/mol. The molecule has 1 amide bonds. The fraction of sp³-hybridized carbons (Fsp3) is 0.0952. The summed E-state index contributed by atoms with van der Waals surface area (Å²) in [4.78, 5) is 22.7. The Morgan fingerprint density at radius 2 is 1.97 bits per heavy atom. The highest BCUT2D eigenvalue weighted by Crippen LogP contribution is 2.31. The van der Waals surface area contributed by atoms with Gasteiger partial charge in [0, 0.05) is 30.8 Å². The van der Waals surface area contributed by atoms with E-state index in [1.54, 1.807) is 24.3 Å². The van der Waals surface area contributed by atoms with Crippen molar-refractivity contribution in [3.63, 3.8) is 0 Å². The fourth-order valence-electron chi connectivity index (χ4n) is 2.93. The minimum atomic E-state index is -0.719. The number of aromatic nitrogens is 3. The summed E-state index contributed by atoms with van der Waals surface area (Å²) in [5, 5.41) is 5.41. The van der Waals surface area contributed by atoms with Crippen LogP contribution >= 0.6 is 0 Å². The van der Waals surface area contributed by atoms with Gasteiger partial charge in [-0.15, -0.1) is 0 Å². The lowest BCUT2D eigenvalue weighted by molar-refractivity contribution is -0.114. The topological polar surface area (TPSA) is 91.9 Å². The number of carbonyl (C=O) groups is 1. The van der Waals surface area contributed by atoms with E-state index >= 15 is 0 Å². The first kappa shape index (κ1) is 19.3. The number of benzene rings is 2. The number of hydrogen-bond acceptors (Lipinski definition) is 5. The molecule has 9 heteroatoms. The van der Waals surface area contributed by atoms with Gasteiger partial charge in [0.25, 0.3) is 0 Å². The lowest BCUT2D eigenvalue weighted by atomic mass is 10.2. The van der Waals surface area contributed by atoms with Gasteiger partial charge in [0.2, 0.25) is 11.9 Å². The smallest absolute Gasteiger partial charge is 0.222 e. The van der Waals surface area contributed by atoms with E-state index in [2.05, 4.69) is 25.6 Å². The van der Waals surface area contributed by atoms with Gasteiger partial charge in [0.05, 0.1) is 16.7 Å². The van der Waals surface area contributed by atoms with Crippen LogP contribution < -0.4 is 15.4 Å². The van der Waals surface area contributed by atoms with Gasteiger partial charge >= 0.3 is 0 Å². The predicted octanol–water partition coefficient (Wildman–Crippen LogP) is 5.04. The normalized spacial score (nSPS) is 10.8. The van der Waals surface area contributed by atoms with Crippen LogP contribution in [-0.4, -0.2) is 20.9 Å². The Kier molecular flexibility index (Phi) is 5.01. The summed E-state index contributed by atoms with van der Waals surface area (Å²) in [6.07, 6.45) is 1.53. The second-order valence-corrected chi connectivity index (χ2v) is 6.58. The molecule has 0 aliphatic heterocycles. The fourth-order valence-corrected chi connectivity index (χ4v) is 2.93. The van der Waals surface area contributed by atoms with E-state index in [4.69, 9.17) is 4.74 Å². The Labute approximate surface area is 170 Å². The Hall–Kier alpha value is -4.01. The molecule has 4 rings (SSSR count). The van der Waals surface area contributed by atoms with E-state index in [-0.39, 0.29) is 11.6 Å². The van der Waals surface area contributed by atoms with E-state index < -0.39 is 11.6 Å². The number of H-pyrrole nitrogens is 1. The Morgan fingerprint density at radius 1 is 1.13 bits per heavy atom. The molecule has 7 nitrogen and oxygen atoms in total. The number of rotatable bonds is 5. The molecule has 2 aromatic carbocycles. The van der Waals surface area contributed by atoms with Crippen LogP contribution in [0, 0.1) is 18.6 Å². The Balaban J connectivity index is 1.60. The molecule has 0 aliphatic carbocycles. The third kappa shape index (κ3) is 4.04. The molecule has 0 saturated carbocycles. The number of nitrogens with zero attached hydrogens (tertiary/aromatic N) is 2. The van der Waals surface area contributed by atoms with Crippen molar-refractivity contribution in [2.24, 2.45) is 0 Å². The molecule has 0 radical (unpaired) electrons. The molecule has 0 aliphatic rings. The van der Waals surface area contributed by atoms with E-state index in [1.165, 1.54) is 19.2 Å². The minimum Gasteiger partial charge on any atom is -0.457 e. The number of hydrogen-bond donors (Lipinski definition) is 3. The number of nitrogens with one attached hydrogen (secondary N) is 3. The van der Waals surface area contributed by atoms with Gasteiger partial charge < -0.3 is 20.4 Å². The van der Waals surface area contributed by atoms with E-state index in [0.29, 0.717) is 34.3 Å². The highest BCUT2D eigenvalue weighted by molar-refractivity contribution is 5.87. The molecule has 3 N–H and O–H groups in total. The van der Waals surface area contributed by atoms with Gasteiger partial charge in [0.1, 0.15) is 29.0 Å². The van der Waals surface area contributed by atoms with Crippen LogP contribution in [0.1, 0.15) is 12.5 Å². The number of imidazole rings is 1. The number of halogens is 2. The van der Waals surface area contributed by atoms with Crippen molar-refractivity contribution in [1.29, 1.82) is 0 Å². The van der Waals surface area contributed by atoms with Crippen LogP contribution in [0.25, 0.3) is 11.0 Å². The lowest BCUT2D eigenvalue weighted by Crippen LogP contribution is -2.07. The largest absolute Gasteiger partial charge is 0.457 e. The number of pyridine rings is 1. The van der Waals surface area contributed by atoms with Crippen molar-refractivity contribution in [2.75, 3.05) is 10.6 Å². The standard InChI is InChI=1S/C21H17F2N5O2/c1-11-18(30-14-7-8-24-19(10-14)25-12(2)29)6-5-17-20(11)28-21(27-17)26-16-4-3-13(22)9-15(16)23/h3-10H,1-2H3,(H,24,25,29)(H2,26,27,28). The average Bonchev–Trinajstić information content (AvgIpc) is 3.10. The highest BCUT2D eigenvalue weighted by atomic mass is 19.1. The van der Waals surface area contributed by atoms with E-state index in [0.717, 1.165) is 17.7 Å². The number of fused-ring (bicyclic) bond motifs is 1. The minimum absolute atomic E-state index is 0.104. The van der Waals surface area contributed by atoms with Crippen molar-refractivity contribution in [3.8, 4) is 11.5 Å². The summed E-state index contributed by atoms with van der Waals surface area (Å²) in [6.45, 7) is 3.25. The quantitative estimate of drug-likeness (QED) is 0.430. The van der Waals surface area contributed by atoms with Crippen LogP contribution in [0.2, 0.25) is 0 Å². The predicted molar refractivity (Wildman–Crippen MR) is 109 cm³/mol. The van der Waals surface area contributed by atoms with Crippen molar-refractivity contribution in [2.45, 2.75) is 13.8 Å². The molecule has 0 atom stereocenters. The SMILES string of the molecule is CC(=O)Nc1cc(Oc2ccc3nc(Nc4ccc(F)cc4F)[nH]c3c2C)ccn1. The molecular weight excluding hydrogens is 392 g/mol. The zero-order valence-electron chi connectivity index (χ0n) is 16.1. The average molecular weight is 409 g/mol. The van der Waals surface area contributed by atoms with Crippen LogP contribution in [-0.2, 0) is 4.79 Å². The third-order valence-corrected chi connectivity index (χ3v) is 4.32. The molecule has 2 aromatic heterocycles. The van der Waals surface area contributed by atoms with Crippen LogP contribution in [0.5, 0.6) is 11.5 Å². The van der Waals surface area contributed by atoms with Crippen LogP contribution in [0.15, 0.2) is 48.7 Å². The summed E-state index contributed by atoms with van der Waals surface area (Å²) < 4.78 is 32.9. The zero-order valence-corrected chi connectivity index (χ0v) is 16.1. The summed E-state index contributed by atoms with van der Waals surface area (Å²) in [7, 11) is 0. The third-order valence-electron chi connectivity index (χ3n) is 4.32. The van der Waals surface area contributed by atoms with E-state index in [9.17, 15) is 13.6 Å². The highest BCUT2D eigenvalue weighted by Gasteiger charge is 2.12. The van der Waals surface area contributed by atoms with Gasteiger partial charge in [-0.25, -0.2) is 18.7 Å². The van der Waals surface area contributed by atoms with Gasteiger partial charge in [-0.2, -0.15) is 0 Å². The number of aryl methyl sites for hydroxylation is 1. The molecular formula is C21H17F2N5O2. The van der Waals surface area contributed by atoms with Crippen molar-refractivity contribution in [1.82, 2.24) is 15.0 Å². The maximum Gasteiger partial charge on any atom is 0.222 e.